The lowest BCUT2D eigenvalue weighted by molar-refractivity contribution is 0.535. The summed E-state index contributed by atoms with van der Waals surface area (Å²) in [4.78, 5) is 0. The number of hydrogen-bond donors (Lipinski definition) is 2. The van der Waals surface area contributed by atoms with Crippen LogP contribution in [-0.2, 0) is 15.8 Å². The first-order valence-corrected chi connectivity index (χ1v) is 8.39. The monoisotopic (exact) mass is 360 g/mol. The second-order valence-corrected chi connectivity index (χ2v) is 7.02. The Labute approximate surface area is 136 Å². The van der Waals surface area contributed by atoms with Crippen LogP contribution in [0.15, 0.2) is 18.2 Å². The first-order chi connectivity index (χ1) is 8.82. The summed E-state index contributed by atoms with van der Waals surface area (Å²) in [7, 11) is -3.39. The van der Waals surface area contributed by atoms with Gasteiger partial charge in [0.15, 0.2) is 0 Å². The van der Waals surface area contributed by atoms with E-state index in [-0.39, 0.29) is 24.2 Å². The first-order valence-electron chi connectivity index (χ1n) is 5.98. The molecule has 0 aliphatic heterocycles. The molecule has 1 aromatic carbocycles. The van der Waals surface area contributed by atoms with Gasteiger partial charge in [0, 0.05) is 22.6 Å². The fourth-order valence-corrected chi connectivity index (χ4v) is 3.42. The molecule has 0 bridgehead atoms. The van der Waals surface area contributed by atoms with Gasteiger partial charge in [-0.1, -0.05) is 30.1 Å². The summed E-state index contributed by atoms with van der Waals surface area (Å²) in [6, 6.07) is 4.85. The van der Waals surface area contributed by atoms with E-state index in [0.29, 0.717) is 22.2 Å². The van der Waals surface area contributed by atoms with Crippen LogP contribution in [0, 0.1) is 0 Å². The third-order valence-electron chi connectivity index (χ3n) is 2.44. The van der Waals surface area contributed by atoms with E-state index in [9.17, 15) is 8.42 Å². The zero-order valence-corrected chi connectivity index (χ0v) is 14.5. The molecule has 8 heteroatoms. The molecule has 20 heavy (non-hydrogen) atoms. The summed E-state index contributed by atoms with van der Waals surface area (Å²) in [5.74, 6) is -0.133. The molecule has 0 unspecified atom stereocenters. The van der Waals surface area contributed by atoms with E-state index in [0.717, 1.165) is 6.54 Å². The summed E-state index contributed by atoms with van der Waals surface area (Å²) in [5.41, 5.74) is 0.570. The van der Waals surface area contributed by atoms with Crippen LogP contribution >= 0.6 is 35.6 Å². The maximum Gasteiger partial charge on any atom is 0.215 e. The average Bonchev–Trinajstić information content (AvgIpc) is 2.25. The van der Waals surface area contributed by atoms with Crippen molar-refractivity contribution in [3.05, 3.63) is 33.8 Å². The Balaban J connectivity index is 0.00000361. The van der Waals surface area contributed by atoms with Crippen molar-refractivity contribution >= 4 is 45.6 Å². The highest BCUT2D eigenvalue weighted by Gasteiger charge is 2.13. The number of likely N-dealkylation sites (N-methyl/N-ethyl adjacent to an activating group) is 1. The number of nitrogens with one attached hydrogen (secondary N) is 2. The van der Waals surface area contributed by atoms with Crippen LogP contribution in [0.2, 0.25) is 10.0 Å². The second-order valence-electron chi connectivity index (χ2n) is 4.34. The molecule has 4 nitrogen and oxygen atoms in total. The van der Waals surface area contributed by atoms with Crippen molar-refractivity contribution in [1.82, 2.24) is 10.0 Å². The zero-order chi connectivity index (χ0) is 14.5. The van der Waals surface area contributed by atoms with Crippen molar-refractivity contribution in [2.45, 2.75) is 25.6 Å². The van der Waals surface area contributed by atoms with Gasteiger partial charge in [-0.3, -0.25) is 0 Å². The predicted molar refractivity (Wildman–Crippen MR) is 87.5 cm³/mol. The molecule has 0 heterocycles. The number of benzene rings is 1. The third-order valence-corrected chi connectivity index (χ3v) is 4.20. The second kappa shape index (κ2) is 9.07. The number of halogens is 3. The highest BCUT2D eigenvalue weighted by molar-refractivity contribution is 7.88. The van der Waals surface area contributed by atoms with Gasteiger partial charge >= 0.3 is 0 Å². The van der Waals surface area contributed by atoms with Crippen molar-refractivity contribution in [2.24, 2.45) is 0 Å². The van der Waals surface area contributed by atoms with Crippen molar-refractivity contribution < 1.29 is 8.42 Å². The van der Waals surface area contributed by atoms with Crippen LogP contribution < -0.4 is 10.0 Å². The molecule has 0 aliphatic rings. The van der Waals surface area contributed by atoms with E-state index < -0.39 is 10.0 Å². The van der Waals surface area contributed by atoms with Gasteiger partial charge in [-0.05, 0) is 37.2 Å². The molecule has 0 fully saturated rings. The van der Waals surface area contributed by atoms with E-state index >= 15 is 0 Å². The van der Waals surface area contributed by atoms with Crippen molar-refractivity contribution in [2.75, 3.05) is 13.1 Å². The molecule has 0 saturated carbocycles. The quantitative estimate of drug-likeness (QED) is 0.785. The van der Waals surface area contributed by atoms with Crippen molar-refractivity contribution in [3.63, 3.8) is 0 Å². The van der Waals surface area contributed by atoms with Gasteiger partial charge in [-0.25, -0.2) is 13.1 Å². The topological polar surface area (TPSA) is 58.2 Å². The molecule has 0 amide bonds. The molecule has 1 atom stereocenters. The summed E-state index contributed by atoms with van der Waals surface area (Å²) in [6.45, 7) is 5.04. The Hall–Kier alpha value is -0.0400. The molecule has 0 aromatic heterocycles. The Morgan fingerprint density at radius 1 is 1.20 bits per heavy atom. The van der Waals surface area contributed by atoms with Crippen molar-refractivity contribution in [1.29, 1.82) is 0 Å². The van der Waals surface area contributed by atoms with Gasteiger partial charge in [-0.2, -0.15) is 0 Å². The Morgan fingerprint density at radius 3 is 2.25 bits per heavy atom. The first kappa shape index (κ1) is 20.0. The highest BCUT2D eigenvalue weighted by atomic mass is 35.5. The Bertz CT molecular complexity index is 503. The lowest BCUT2D eigenvalue weighted by Crippen LogP contribution is -2.39. The minimum Gasteiger partial charge on any atom is -0.313 e. The van der Waals surface area contributed by atoms with Crippen LogP contribution in [0.1, 0.15) is 19.4 Å². The number of sulfonamides is 1. The molecule has 2 N–H and O–H groups in total. The van der Waals surface area contributed by atoms with Gasteiger partial charge in [0.25, 0.3) is 0 Å². The minimum atomic E-state index is -3.39. The maximum absolute atomic E-state index is 11.9. The molecular formula is C12H19Cl3N2O2S. The Morgan fingerprint density at radius 2 is 1.75 bits per heavy atom. The van der Waals surface area contributed by atoms with E-state index in [1.54, 1.807) is 18.2 Å². The fraction of sp³-hybridized carbons (Fsp3) is 0.500. The summed E-state index contributed by atoms with van der Waals surface area (Å²) in [5, 5.41) is 3.99. The van der Waals surface area contributed by atoms with Crippen molar-refractivity contribution in [3.8, 4) is 0 Å². The van der Waals surface area contributed by atoms with Crippen LogP contribution in [-0.4, -0.2) is 27.5 Å². The van der Waals surface area contributed by atoms with Gasteiger partial charge in [0.1, 0.15) is 0 Å². The normalized spacial score (nSPS) is 12.8. The summed E-state index contributed by atoms with van der Waals surface area (Å²) in [6.07, 6.45) is 0. The van der Waals surface area contributed by atoms with E-state index in [2.05, 4.69) is 10.0 Å². The summed E-state index contributed by atoms with van der Waals surface area (Å²) < 4.78 is 26.4. The highest BCUT2D eigenvalue weighted by Crippen LogP contribution is 2.20. The van der Waals surface area contributed by atoms with Gasteiger partial charge in [0.05, 0.1) is 5.75 Å². The van der Waals surface area contributed by atoms with Crippen LogP contribution in [0.25, 0.3) is 0 Å². The smallest absolute Gasteiger partial charge is 0.215 e. The average molecular weight is 362 g/mol. The lowest BCUT2D eigenvalue weighted by atomic mass is 10.2. The molecule has 0 aliphatic carbocycles. The van der Waals surface area contributed by atoms with Crippen LogP contribution in [0.3, 0.4) is 0 Å². The molecule has 116 valence electrons. The zero-order valence-electron chi connectivity index (χ0n) is 11.3. The standard InChI is InChI=1S/C12H18Cl2N2O2S.ClH/c1-3-15-9(2)7-16-19(17,18)8-10-4-11(13)6-12(14)5-10;/h4-6,9,15-16H,3,7-8H2,1-2H3;1H/t9-;/m1./s1. The molecule has 1 rings (SSSR count). The third kappa shape index (κ3) is 7.67. The molecular weight excluding hydrogens is 343 g/mol. The predicted octanol–water partition coefficient (Wildman–Crippen LogP) is 2.83. The van der Waals surface area contributed by atoms with Gasteiger partial charge in [-0.15, -0.1) is 12.4 Å². The van der Waals surface area contributed by atoms with Gasteiger partial charge < -0.3 is 5.32 Å². The SMILES string of the molecule is CCN[C@H](C)CNS(=O)(=O)Cc1cc(Cl)cc(Cl)c1.Cl. The lowest BCUT2D eigenvalue weighted by Gasteiger charge is -2.13. The molecule has 0 saturated heterocycles. The molecule has 0 spiro atoms. The van der Waals surface area contributed by atoms with E-state index in [1.807, 2.05) is 13.8 Å². The number of rotatable bonds is 7. The molecule has 0 radical (unpaired) electrons. The minimum absolute atomic E-state index is 0. The largest absolute Gasteiger partial charge is 0.313 e. The Kier molecular flexibility index (Phi) is 9.06. The van der Waals surface area contributed by atoms with E-state index in [1.165, 1.54) is 0 Å². The number of hydrogen-bond acceptors (Lipinski definition) is 3. The fourth-order valence-electron chi connectivity index (χ4n) is 1.64. The molecule has 1 aromatic rings. The summed E-state index contributed by atoms with van der Waals surface area (Å²) >= 11 is 11.7. The van der Waals surface area contributed by atoms with Gasteiger partial charge in [0.2, 0.25) is 10.0 Å². The van der Waals surface area contributed by atoms with Crippen LogP contribution in [0.4, 0.5) is 0 Å². The van der Waals surface area contributed by atoms with E-state index in [4.69, 9.17) is 23.2 Å². The maximum atomic E-state index is 11.9. The van der Waals surface area contributed by atoms with Crippen LogP contribution in [0.5, 0.6) is 0 Å².